The Morgan fingerprint density at radius 3 is 2.54 bits per heavy atom. The number of carbonyl (C=O) groups excluding carboxylic acids is 2. The maximum atomic E-state index is 12.8. The molecule has 0 saturated carbocycles. The van der Waals surface area contributed by atoms with Crippen molar-refractivity contribution >= 4 is 23.6 Å². The molecule has 1 atom stereocenters. The monoisotopic (exact) mass is 393 g/mol. The number of amides is 3. The van der Waals surface area contributed by atoms with Gasteiger partial charge in [-0.05, 0) is 29.8 Å². The highest BCUT2D eigenvalue weighted by Crippen LogP contribution is 2.30. The maximum absolute atomic E-state index is 12.8. The van der Waals surface area contributed by atoms with E-state index < -0.39 is 35.8 Å². The number of carboxylic acid groups (broad SMARTS) is 1. The van der Waals surface area contributed by atoms with Gasteiger partial charge in [0.2, 0.25) is 6.17 Å². The molecular formula is C18H14F3N3O4. The first-order chi connectivity index (χ1) is 13.2. The summed E-state index contributed by atoms with van der Waals surface area (Å²) in [5.41, 5.74) is -0.489. The van der Waals surface area contributed by atoms with Crippen LogP contribution in [0.5, 0.6) is 0 Å². The second-order valence-electron chi connectivity index (χ2n) is 5.96. The Bertz CT molecular complexity index is 946. The Hall–Kier alpha value is -3.56. The number of aliphatic carboxylic acids is 1. The maximum Gasteiger partial charge on any atom is 0.416 e. The fourth-order valence-electron chi connectivity index (χ4n) is 2.80. The zero-order valence-electron chi connectivity index (χ0n) is 14.2. The molecule has 1 unspecified atom stereocenters. The number of nitrogens with zero attached hydrogens (tertiary/aromatic N) is 1. The van der Waals surface area contributed by atoms with Crippen molar-refractivity contribution in [3.05, 3.63) is 65.2 Å². The van der Waals surface area contributed by atoms with Gasteiger partial charge in [0.25, 0.3) is 5.91 Å². The van der Waals surface area contributed by atoms with Gasteiger partial charge in [0.1, 0.15) is 0 Å². The standard InChI is InChI=1S/C18H14F3N3O4/c19-18(20,21)11-5-3-4-10(8-11)9-22-17(28)24-13-7-2-1-6-12(13)15(25)23-14(24)16(26)27/h1-8,14H,9H2,(H,22,28)(H,23,25)(H,26,27). The molecule has 0 spiro atoms. The number of carbonyl (C=O) groups is 3. The highest BCUT2D eigenvalue weighted by atomic mass is 19.4. The summed E-state index contributed by atoms with van der Waals surface area (Å²) in [4.78, 5) is 37.0. The smallest absolute Gasteiger partial charge is 0.416 e. The van der Waals surface area contributed by atoms with Gasteiger partial charge in [-0.1, -0.05) is 24.3 Å². The van der Waals surface area contributed by atoms with Crippen LogP contribution in [0.2, 0.25) is 0 Å². The van der Waals surface area contributed by atoms with Crippen LogP contribution in [-0.4, -0.2) is 29.2 Å². The molecule has 0 fully saturated rings. The van der Waals surface area contributed by atoms with E-state index >= 15 is 0 Å². The Balaban J connectivity index is 1.84. The van der Waals surface area contributed by atoms with E-state index in [-0.39, 0.29) is 23.4 Å². The number of alkyl halides is 3. The lowest BCUT2D eigenvalue weighted by Gasteiger charge is -2.34. The minimum absolute atomic E-state index is 0.0835. The number of hydrogen-bond donors (Lipinski definition) is 3. The molecule has 2 aromatic carbocycles. The summed E-state index contributed by atoms with van der Waals surface area (Å²) >= 11 is 0. The largest absolute Gasteiger partial charge is 0.478 e. The molecule has 3 amide bonds. The Morgan fingerprint density at radius 1 is 1.14 bits per heavy atom. The van der Waals surface area contributed by atoms with E-state index in [1.54, 1.807) is 6.07 Å². The highest BCUT2D eigenvalue weighted by Gasteiger charge is 2.39. The van der Waals surface area contributed by atoms with Gasteiger partial charge in [0.15, 0.2) is 0 Å². The Morgan fingerprint density at radius 2 is 1.86 bits per heavy atom. The fourth-order valence-corrected chi connectivity index (χ4v) is 2.80. The number of hydrogen-bond acceptors (Lipinski definition) is 3. The number of carboxylic acids is 1. The van der Waals surface area contributed by atoms with E-state index in [1.165, 1.54) is 30.3 Å². The van der Waals surface area contributed by atoms with Crippen LogP contribution in [0.1, 0.15) is 21.5 Å². The number of anilines is 1. The van der Waals surface area contributed by atoms with Crippen molar-refractivity contribution in [1.29, 1.82) is 0 Å². The topological polar surface area (TPSA) is 98.7 Å². The molecule has 28 heavy (non-hydrogen) atoms. The first kappa shape index (κ1) is 19.2. The van der Waals surface area contributed by atoms with Crippen molar-refractivity contribution in [2.24, 2.45) is 0 Å². The van der Waals surface area contributed by atoms with E-state index in [9.17, 15) is 32.7 Å². The third-order valence-electron chi connectivity index (χ3n) is 4.08. The number of halogens is 3. The quantitative estimate of drug-likeness (QED) is 0.747. The van der Waals surface area contributed by atoms with Crippen LogP contribution < -0.4 is 15.5 Å². The van der Waals surface area contributed by atoms with Gasteiger partial charge >= 0.3 is 18.2 Å². The molecule has 0 radical (unpaired) electrons. The van der Waals surface area contributed by atoms with Gasteiger partial charge in [-0.25, -0.2) is 9.59 Å². The molecule has 1 aliphatic rings. The number of urea groups is 1. The summed E-state index contributed by atoms with van der Waals surface area (Å²) in [6.45, 7) is -0.262. The molecule has 10 heteroatoms. The summed E-state index contributed by atoms with van der Waals surface area (Å²) in [7, 11) is 0. The van der Waals surface area contributed by atoms with Crippen molar-refractivity contribution in [2.75, 3.05) is 4.90 Å². The van der Waals surface area contributed by atoms with Crippen molar-refractivity contribution in [2.45, 2.75) is 18.9 Å². The summed E-state index contributed by atoms with van der Waals surface area (Å²) in [5.74, 6) is -2.11. The predicted octanol–water partition coefficient (Wildman–Crippen LogP) is 2.58. The highest BCUT2D eigenvalue weighted by molar-refractivity contribution is 6.11. The van der Waals surface area contributed by atoms with Crippen molar-refractivity contribution < 1.29 is 32.7 Å². The van der Waals surface area contributed by atoms with Crippen LogP contribution in [0.25, 0.3) is 0 Å². The summed E-state index contributed by atoms with van der Waals surface area (Å²) < 4.78 is 38.4. The molecule has 2 aromatic rings. The van der Waals surface area contributed by atoms with E-state index in [0.717, 1.165) is 17.0 Å². The number of para-hydroxylation sites is 1. The number of nitrogens with one attached hydrogen (secondary N) is 2. The van der Waals surface area contributed by atoms with Crippen LogP contribution >= 0.6 is 0 Å². The molecule has 1 aliphatic heterocycles. The van der Waals surface area contributed by atoms with Gasteiger partial charge < -0.3 is 15.7 Å². The molecule has 3 N–H and O–H groups in total. The van der Waals surface area contributed by atoms with Gasteiger partial charge in [-0.15, -0.1) is 0 Å². The lowest BCUT2D eigenvalue weighted by atomic mass is 10.1. The van der Waals surface area contributed by atoms with E-state index in [2.05, 4.69) is 10.6 Å². The molecule has 1 heterocycles. The molecule has 0 aliphatic carbocycles. The molecule has 0 aromatic heterocycles. The fraction of sp³-hybridized carbons (Fsp3) is 0.167. The minimum Gasteiger partial charge on any atom is -0.478 e. The van der Waals surface area contributed by atoms with Crippen LogP contribution in [0.4, 0.5) is 23.7 Å². The van der Waals surface area contributed by atoms with E-state index in [4.69, 9.17) is 0 Å². The normalized spacial score (nSPS) is 16.2. The third kappa shape index (κ3) is 3.75. The van der Waals surface area contributed by atoms with Gasteiger partial charge in [-0.2, -0.15) is 13.2 Å². The van der Waals surface area contributed by atoms with Gasteiger partial charge in [-0.3, -0.25) is 9.69 Å². The summed E-state index contributed by atoms with van der Waals surface area (Å²) in [5, 5.41) is 14.0. The van der Waals surface area contributed by atoms with Crippen LogP contribution in [0.15, 0.2) is 48.5 Å². The SMILES string of the molecule is O=C1NC(C(=O)O)N(C(=O)NCc2cccc(C(F)(F)F)c2)c2ccccc21. The lowest BCUT2D eigenvalue weighted by molar-refractivity contribution is -0.139. The third-order valence-corrected chi connectivity index (χ3v) is 4.08. The molecule has 146 valence electrons. The molecule has 7 nitrogen and oxygen atoms in total. The van der Waals surface area contributed by atoms with Crippen LogP contribution in [-0.2, 0) is 17.5 Å². The van der Waals surface area contributed by atoms with Crippen molar-refractivity contribution in [3.63, 3.8) is 0 Å². The van der Waals surface area contributed by atoms with E-state index in [0.29, 0.717) is 0 Å². The molecule has 0 saturated heterocycles. The number of fused-ring (bicyclic) bond motifs is 1. The zero-order chi connectivity index (χ0) is 20.5. The molecule has 3 rings (SSSR count). The second kappa shape index (κ2) is 7.22. The zero-order valence-corrected chi connectivity index (χ0v) is 14.2. The lowest BCUT2D eigenvalue weighted by Crippen LogP contribution is -2.61. The van der Waals surface area contributed by atoms with E-state index in [1.807, 2.05) is 0 Å². The average Bonchev–Trinajstić information content (AvgIpc) is 2.65. The first-order valence-corrected chi connectivity index (χ1v) is 8.04. The Labute approximate surface area is 156 Å². The second-order valence-corrected chi connectivity index (χ2v) is 5.96. The van der Waals surface area contributed by atoms with Crippen LogP contribution in [0, 0.1) is 0 Å². The number of benzene rings is 2. The molecule has 0 bridgehead atoms. The van der Waals surface area contributed by atoms with Gasteiger partial charge in [0.05, 0.1) is 16.8 Å². The van der Waals surface area contributed by atoms with Crippen molar-refractivity contribution in [1.82, 2.24) is 10.6 Å². The Kier molecular flexibility index (Phi) is 4.95. The average molecular weight is 393 g/mol. The predicted molar refractivity (Wildman–Crippen MR) is 91.5 cm³/mol. The van der Waals surface area contributed by atoms with Crippen LogP contribution in [0.3, 0.4) is 0 Å². The summed E-state index contributed by atoms with van der Waals surface area (Å²) in [6.07, 6.45) is -6.17. The minimum atomic E-state index is -4.52. The first-order valence-electron chi connectivity index (χ1n) is 8.04. The number of rotatable bonds is 3. The van der Waals surface area contributed by atoms with Gasteiger partial charge in [0, 0.05) is 6.54 Å². The van der Waals surface area contributed by atoms with Crippen molar-refractivity contribution in [3.8, 4) is 0 Å². The molecular weight excluding hydrogens is 379 g/mol. The summed E-state index contributed by atoms with van der Waals surface area (Å²) in [6, 6.07) is 9.45.